The molecule has 140 valence electrons. The maximum atomic E-state index is 11.4. The van der Waals surface area contributed by atoms with Crippen LogP contribution in [0.3, 0.4) is 0 Å². The van der Waals surface area contributed by atoms with Crippen LogP contribution < -0.4 is 9.64 Å². The summed E-state index contributed by atoms with van der Waals surface area (Å²) in [5.74, 6) is 1.94. The van der Waals surface area contributed by atoms with Crippen molar-refractivity contribution in [2.24, 2.45) is 7.05 Å². The predicted molar refractivity (Wildman–Crippen MR) is 104 cm³/mol. The van der Waals surface area contributed by atoms with Gasteiger partial charge >= 0.3 is 5.82 Å². The summed E-state index contributed by atoms with van der Waals surface area (Å²) in [6.45, 7) is 3.08. The highest BCUT2D eigenvalue weighted by molar-refractivity contribution is 5.94. The SMILES string of the molecule is COc1ccc2[nH]cc(C3=CCN(c4c([N+](=O)[O-])nc(C)n4C)CC3)c2c1. The van der Waals surface area contributed by atoms with Crippen LogP contribution in [-0.2, 0) is 7.05 Å². The van der Waals surface area contributed by atoms with E-state index in [1.54, 1.807) is 18.6 Å². The minimum absolute atomic E-state index is 0.0799. The summed E-state index contributed by atoms with van der Waals surface area (Å²) in [7, 11) is 3.48. The summed E-state index contributed by atoms with van der Waals surface area (Å²) in [5, 5.41) is 12.5. The number of hydrogen-bond donors (Lipinski definition) is 1. The van der Waals surface area contributed by atoms with Crippen LogP contribution in [0.15, 0.2) is 30.5 Å². The molecule has 2 aromatic heterocycles. The van der Waals surface area contributed by atoms with Crippen molar-refractivity contribution in [2.45, 2.75) is 13.3 Å². The molecule has 4 rings (SSSR count). The monoisotopic (exact) mass is 367 g/mol. The van der Waals surface area contributed by atoms with Crippen molar-refractivity contribution in [1.29, 1.82) is 0 Å². The number of aryl methyl sites for hydroxylation is 1. The maximum absolute atomic E-state index is 11.4. The number of nitro groups is 1. The fourth-order valence-corrected chi connectivity index (χ4v) is 3.66. The lowest BCUT2D eigenvalue weighted by Gasteiger charge is -2.27. The number of imidazole rings is 1. The summed E-state index contributed by atoms with van der Waals surface area (Å²) in [6, 6.07) is 5.97. The van der Waals surface area contributed by atoms with Crippen molar-refractivity contribution >= 4 is 28.1 Å². The lowest BCUT2D eigenvalue weighted by molar-refractivity contribution is -0.388. The molecular weight excluding hydrogens is 346 g/mol. The summed E-state index contributed by atoms with van der Waals surface area (Å²) in [4.78, 5) is 20.4. The van der Waals surface area contributed by atoms with Gasteiger partial charge in [0.1, 0.15) is 5.75 Å². The van der Waals surface area contributed by atoms with E-state index in [-0.39, 0.29) is 5.82 Å². The Morgan fingerprint density at radius 3 is 2.85 bits per heavy atom. The molecule has 0 amide bonds. The van der Waals surface area contributed by atoms with Gasteiger partial charge in [-0.25, -0.2) is 0 Å². The van der Waals surface area contributed by atoms with E-state index in [2.05, 4.69) is 16.0 Å². The number of aromatic amines is 1. The van der Waals surface area contributed by atoms with Gasteiger partial charge in [0.25, 0.3) is 0 Å². The molecule has 27 heavy (non-hydrogen) atoms. The second kappa shape index (κ2) is 6.46. The number of methoxy groups -OCH3 is 1. The highest BCUT2D eigenvalue weighted by Crippen LogP contribution is 2.34. The van der Waals surface area contributed by atoms with Crippen LogP contribution in [0.4, 0.5) is 11.6 Å². The van der Waals surface area contributed by atoms with E-state index in [1.807, 2.05) is 36.3 Å². The molecular formula is C19H21N5O3. The Hall–Kier alpha value is -3.29. The lowest BCUT2D eigenvalue weighted by Crippen LogP contribution is -2.30. The molecule has 0 radical (unpaired) electrons. The number of rotatable bonds is 4. The molecule has 0 unspecified atom stereocenters. The van der Waals surface area contributed by atoms with Crippen molar-refractivity contribution in [3.05, 3.63) is 52.0 Å². The molecule has 0 saturated heterocycles. The van der Waals surface area contributed by atoms with Crippen molar-refractivity contribution < 1.29 is 9.66 Å². The van der Waals surface area contributed by atoms with Crippen LogP contribution in [0.2, 0.25) is 0 Å². The first kappa shape index (κ1) is 17.1. The highest BCUT2D eigenvalue weighted by atomic mass is 16.6. The van der Waals surface area contributed by atoms with E-state index in [4.69, 9.17) is 4.74 Å². The number of nitrogens with one attached hydrogen (secondary N) is 1. The van der Waals surface area contributed by atoms with E-state index < -0.39 is 4.92 Å². The molecule has 0 saturated carbocycles. The van der Waals surface area contributed by atoms with Crippen LogP contribution in [-0.4, -0.2) is 39.7 Å². The Bertz CT molecular complexity index is 1060. The average molecular weight is 367 g/mol. The number of benzene rings is 1. The Morgan fingerprint density at radius 1 is 1.37 bits per heavy atom. The standard InChI is InChI=1S/C19H21N5O3/c1-12-21-18(24(25)26)19(22(12)2)23-8-6-13(7-9-23)16-11-20-17-5-4-14(27-3)10-15(16)17/h4-6,10-11,20H,7-9H2,1-3H3. The van der Waals surface area contributed by atoms with Crippen molar-refractivity contribution in [1.82, 2.24) is 14.5 Å². The minimum atomic E-state index is -0.409. The highest BCUT2D eigenvalue weighted by Gasteiger charge is 2.29. The number of ether oxygens (including phenoxy) is 1. The number of nitrogens with zero attached hydrogens (tertiary/aromatic N) is 4. The van der Waals surface area contributed by atoms with Gasteiger partial charge in [-0.05, 0) is 40.1 Å². The second-order valence-corrected chi connectivity index (χ2v) is 6.66. The molecule has 8 nitrogen and oxygen atoms in total. The van der Waals surface area contributed by atoms with Gasteiger partial charge in [0.2, 0.25) is 11.6 Å². The molecule has 0 atom stereocenters. The summed E-state index contributed by atoms with van der Waals surface area (Å²) in [6.07, 6.45) is 4.95. The summed E-state index contributed by atoms with van der Waals surface area (Å²) in [5.41, 5.74) is 3.44. The number of fused-ring (bicyclic) bond motifs is 1. The Balaban J connectivity index is 1.66. The van der Waals surface area contributed by atoms with Gasteiger partial charge in [-0.15, -0.1) is 0 Å². The first-order valence-corrected chi connectivity index (χ1v) is 8.76. The Kier molecular flexibility index (Phi) is 4.10. The van der Waals surface area contributed by atoms with Gasteiger partial charge in [-0.1, -0.05) is 6.08 Å². The van der Waals surface area contributed by atoms with Gasteiger partial charge in [-0.3, -0.25) is 4.57 Å². The summed E-state index contributed by atoms with van der Waals surface area (Å²) < 4.78 is 7.13. The van der Waals surface area contributed by atoms with Crippen LogP contribution >= 0.6 is 0 Å². The van der Waals surface area contributed by atoms with E-state index in [0.717, 1.165) is 28.6 Å². The van der Waals surface area contributed by atoms with Crippen molar-refractivity contribution in [3.8, 4) is 5.75 Å². The quantitative estimate of drug-likeness (QED) is 0.564. The molecule has 0 spiro atoms. The third kappa shape index (κ3) is 2.83. The first-order valence-electron chi connectivity index (χ1n) is 8.76. The van der Waals surface area contributed by atoms with Crippen LogP contribution in [0.5, 0.6) is 5.75 Å². The molecule has 1 aliphatic heterocycles. The van der Waals surface area contributed by atoms with E-state index >= 15 is 0 Å². The topological polar surface area (TPSA) is 89.2 Å². The van der Waals surface area contributed by atoms with Gasteiger partial charge in [0.05, 0.1) is 7.11 Å². The smallest absolute Gasteiger partial charge is 0.406 e. The number of anilines is 1. The maximum Gasteiger partial charge on any atom is 0.406 e. The van der Waals surface area contributed by atoms with E-state index in [1.165, 1.54) is 5.57 Å². The van der Waals surface area contributed by atoms with Gasteiger partial charge in [0, 0.05) is 49.7 Å². The van der Waals surface area contributed by atoms with E-state index in [9.17, 15) is 10.1 Å². The Labute approximate surface area is 156 Å². The Morgan fingerprint density at radius 2 is 2.19 bits per heavy atom. The fourth-order valence-electron chi connectivity index (χ4n) is 3.66. The molecule has 1 N–H and O–H groups in total. The minimum Gasteiger partial charge on any atom is -0.497 e. The molecule has 3 heterocycles. The third-order valence-corrected chi connectivity index (χ3v) is 5.19. The van der Waals surface area contributed by atoms with Gasteiger partial charge < -0.3 is 24.7 Å². The van der Waals surface area contributed by atoms with Crippen LogP contribution in [0.25, 0.3) is 16.5 Å². The lowest BCUT2D eigenvalue weighted by atomic mass is 9.99. The molecule has 0 fully saturated rings. The van der Waals surface area contributed by atoms with Crippen LogP contribution in [0, 0.1) is 17.0 Å². The van der Waals surface area contributed by atoms with Gasteiger partial charge in [0.15, 0.2) is 0 Å². The summed E-state index contributed by atoms with van der Waals surface area (Å²) >= 11 is 0. The largest absolute Gasteiger partial charge is 0.497 e. The first-order chi connectivity index (χ1) is 13.0. The number of hydrogen-bond acceptors (Lipinski definition) is 5. The van der Waals surface area contributed by atoms with Crippen molar-refractivity contribution in [3.63, 3.8) is 0 Å². The zero-order valence-corrected chi connectivity index (χ0v) is 15.5. The average Bonchev–Trinajstić information content (AvgIpc) is 3.23. The predicted octanol–water partition coefficient (Wildman–Crippen LogP) is 3.42. The molecule has 3 aromatic rings. The molecule has 1 aromatic carbocycles. The number of aromatic nitrogens is 3. The van der Waals surface area contributed by atoms with Crippen molar-refractivity contribution in [2.75, 3.05) is 25.1 Å². The third-order valence-electron chi connectivity index (χ3n) is 5.19. The molecule has 0 aliphatic carbocycles. The van der Waals surface area contributed by atoms with Crippen LogP contribution in [0.1, 0.15) is 17.8 Å². The second-order valence-electron chi connectivity index (χ2n) is 6.66. The molecule has 1 aliphatic rings. The molecule has 8 heteroatoms. The van der Waals surface area contributed by atoms with E-state index in [0.29, 0.717) is 24.7 Å². The fraction of sp³-hybridized carbons (Fsp3) is 0.316. The zero-order chi connectivity index (χ0) is 19.1. The van der Waals surface area contributed by atoms with Gasteiger partial charge in [-0.2, -0.15) is 0 Å². The number of H-pyrrole nitrogens is 1. The normalized spacial score (nSPS) is 14.5. The molecule has 0 bridgehead atoms. The zero-order valence-electron chi connectivity index (χ0n) is 15.5.